The van der Waals surface area contributed by atoms with Crippen LogP contribution < -0.4 is 5.32 Å². The number of carbonyl (C=O) groups excluding carboxylic acids is 1. The summed E-state index contributed by atoms with van der Waals surface area (Å²) < 4.78 is 14.5. The number of nitrogens with one attached hydrogen (secondary N) is 1. The highest BCUT2D eigenvalue weighted by Gasteiger charge is 2.29. The van der Waals surface area contributed by atoms with Crippen LogP contribution in [-0.4, -0.2) is 5.91 Å². The molecule has 0 radical (unpaired) electrons. The minimum atomic E-state index is -0.431. The quantitative estimate of drug-likeness (QED) is 0.706. The predicted octanol–water partition coefficient (Wildman–Crippen LogP) is 4.39. The van der Waals surface area contributed by atoms with Crippen LogP contribution in [0.25, 0.3) is 10.8 Å². The number of halogens is 2. The molecule has 0 bridgehead atoms. The summed E-state index contributed by atoms with van der Waals surface area (Å²) in [6.07, 6.45) is 0.247. The van der Waals surface area contributed by atoms with Gasteiger partial charge in [0.15, 0.2) is 0 Å². The van der Waals surface area contributed by atoms with Crippen LogP contribution in [0.3, 0.4) is 0 Å². The minimum Gasteiger partial charge on any atom is -0.345 e. The Balaban J connectivity index is 2.01. The van der Waals surface area contributed by atoms with Crippen molar-refractivity contribution in [2.24, 2.45) is 0 Å². The van der Waals surface area contributed by atoms with Crippen LogP contribution in [0.15, 0.2) is 54.6 Å². The van der Waals surface area contributed by atoms with E-state index in [4.69, 9.17) is 11.6 Å². The molecule has 4 heteroatoms. The van der Waals surface area contributed by atoms with Crippen LogP contribution in [-0.2, 0) is 11.2 Å². The van der Waals surface area contributed by atoms with E-state index in [1.54, 1.807) is 18.2 Å². The SMILES string of the molecule is O=C1Cc2c(cc(F)c3ccccc23)C(c2ccccc2Cl)N1. The molecule has 0 aliphatic carbocycles. The average molecular weight is 326 g/mol. The fourth-order valence-corrected chi connectivity index (χ4v) is 3.52. The molecule has 1 amide bonds. The van der Waals surface area contributed by atoms with Crippen molar-refractivity contribution in [2.75, 3.05) is 0 Å². The average Bonchev–Trinajstić information content (AvgIpc) is 2.56. The number of hydrogen-bond acceptors (Lipinski definition) is 1. The zero-order chi connectivity index (χ0) is 16.0. The van der Waals surface area contributed by atoms with Gasteiger partial charge in [0.25, 0.3) is 0 Å². The lowest BCUT2D eigenvalue weighted by atomic mass is 9.86. The first kappa shape index (κ1) is 14.2. The van der Waals surface area contributed by atoms with E-state index in [-0.39, 0.29) is 18.1 Å². The van der Waals surface area contributed by atoms with Crippen molar-refractivity contribution < 1.29 is 9.18 Å². The molecule has 1 unspecified atom stereocenters. The highest BCUT2D eigenvalue weighted by atomic mass is 35.5. The first-order valence-electron chi connectivity index (χ1n) is 7.39. The Morgan fingerprint density at radius 1 is 1.00 bits per heavy atom. The van der Waals surface area contributed by atoms with Gasteiger partial charge in [0.1, 0.15) is 5.82 Å². The normalized spacial score (nSPS) is 17.0. The van der Waals surface area contributed by atoms with E-state index < -0.39 is 6.04 Å². The molecule has 0 fully saturated rings. The largest absolute Gasteiger partial charge is 0.345 e. The Labute approximate surface area is 137 Å². The van der Waals surface area contributed by atoms with Crippen molar-refractivity contribution in [2.45, 2.75) is 12.5 Å². The second kappa shape index (κ2) is 5.36. The van der Waals surface area contributed by atoms with Gasteiger partial charge in [0.2, 0.25) is 5.91 Å². The van der Waals surface area contributed by atoms with Crippen LogP contribution in [0, 0.1) is 5.82 Å². The molecular formula is C19H13ClFNO. The topological polar surface area (TPSA) is 29.1 Å². The van der Waals surface area contributed by atoms with E-state index in [0.717, 1.165) is 22.1 Å². The van der Waals surface area contributed by atoms with E-state index in [1.807, 2.05) is 30.3 Å². The first-order chi connectivity index (χ1) is 11.1. The fraction of sp³-hybridized carbons (Fsp3) is 0.105. The van der Waals surface area contributed by atoms with E-state index in [0.29, 0.717) is 10.4 Å². The second-order valence-electron chi connectivity index (χ2n) is 5.67. The number of rotatable bonds is 1. The first-order valence-corrected chi connectivity index (χ1v) is 7.77. The van der Waals surface area contributed by atoms with Gasteiger partial charge in [0.05, 0.1) is 12.5 Å². The number of amides is 1. The molecule has 0 spiro atoms. The second-order valence-corrected chi connectivity index (χ2v) is 6.08. The van der Waals surface area contributed by atoms with E-state index in [2.05, 4.69) is 5.32 Å². The summed E-state index contributed by atoms with van der Waals surface area (Å²) in [5, 5.41) is 4.81. The Morgan fingerprint density at radius 2 is 1.70 bits per heavy atom. The van der Waals surface area contributed by atoms with Crippen molar-refractivity contribution >= 4 is 28.3 Å². The molecule has 0 aromatic heterocycles. The summed E-state index contributed by atoms with van der Waals surface area (Å²) in [6.45, 7) is 0. The Bertz CT molecular complexity index is 938. The van der Waals surface area contributed by atoms with Crippen molar-refractivity contribution in [3.05, 3.63) is 82.1 Å². The van der Waals surface area contributed by atoms with Gasteiger partial charge < -0.3 is 5.32 Å². The zero-order valence-electron chi connectivity index (χ0n) is 12.1. The molecule has 2 nitrogen and oxygen atoms in total. The molecule has 0 saturated heterocycles. The number of hydrogen-bond donors (Lipinski definition) is 1. The van der Waals surface area contributed by atoms with E-state index in [9.17, 15) is 9.18 Å². The molecule has 0 saturated carbocycles. The molecule has 1 atom stereocenters. The van der Waals surface area contributed by atoms with Crippen molar-refractivity contribution in [1.29, 1.82) is 0 Å². The molecular weight excluding hydrogens is 313 g/mol. The Kier molecular flexibility index (Phi) is 3.31. The van der Waals surface area contributed by atoms with Crippen LogP contribution in [0.1, 0.15) is 22.7 Å². The number of benzene rings is 3. The van der Waals surface area contributed by atoms with Crippen LogP contribution >= 0.6 is 11.6 Å². The zero-order valence-corrected chi connectivity index (χ0v) is 12.9. The highest BCUT2D eigenvalue weighted by Crippen LogP contribution is 2.37. The molecule has 1 aliphatic rings. The number of fused-ring (bicyclic) bond motifs is 3. The molecule has 114 valence electrons. The maximum absolute atomic E-state index is 14.5. The van der Waals surface area contributed by atoms with Gasteiger partial charge in [0, 0.05) is 10.4 Å². The number of carbonyl (C=O) groups is 1. The van der Waals surface area contributed by atoms with Crippen LogP contribution in [0.4, 0.5) is 4.39 Å². The standard InChI is InChI=1S/C19H13ClFNO/c20-16-8-4-3-7-13(16)19-15-9-17(21)12-6-2-1-5-11(12)14(15)10-18(23)22-19/h1-9,19H,10H2,(H,22,23). The van der Waals surface area contributed by atoms with Gasteiger partial charge in [-0.25, -0.2) is 4.39 Å². The molecule has 1 heterocycles. The lowest BCUT2D eigenvalue weighted by Gasteiger charge is -2.29. The Hall–Kier alpha value is -2.39. The molecule has 4 rings (SSSR count). The lowest BCUT2D eigenvalue weighted by molar-refractivity contribution is -0.121. The third kappa shape index (κ3) is 2.28. The molecule has 3 aromatic rings. The summed E-state index contributed by atoms with van der Waals surface area (Å²) in [7, 11) is 0. The van der Waals surface area contributed by atoms with Crippen molar-refractivity contribution in [1.82, 2.24) is 5.32 Å². The third-order valence-electron chi connectivity index (χ3n) is 4.31. The van der Waals surface area contributed by atoms with E-state index in [1.165, 1.54) is 6.07 Å². The smallest absolute Gasteiger partial charge is 0.225 e. The van der Waals surface area contributed by atoms with Crippen LogP contribution in [0.5, 0.6) is 0 Å². The summed E-state index contributed by atoms with van der Waals surface area (Å²) in [4.78, 5) is 12.2. The van der Waals surface area contributed by atoms with Gasteiger partial charge in [-0.15, -0.1) is 0 Å². The van der Waals surface area contributed by atoms with E-state index >= 15 is 0 Å². The third-order valence-corrected chi connectivity index (χ3v) is 4.65. The predicted molar refractivity (Wildman–Crippen MR) is 89.0 cm³/mol. The maximum atomic E-state index is 14.5. The van der Waals surface area contributed by atoms with Gasteiger partial charge in [-0.3, -0.25) is 4.79 Å². The minimum absolute atomic E-state index is 0.0841. The summed E-state index contributed by atoms with van der Waals surface area (Å²) in [5.74, 6) is -0.369. The van der Waals surface area contributed by atoms with Gasteiger partial charge >= 0.3 is 0 Å². The van der Waals surface area contributed by atoms with Crippen molar-refractivity contribution in [3.63, 3.8) is 0 Å². The maximum Gasteiger partial charge on any atom is 0.225 e. The summed E-state index contributed by atoms with van der Waals surface area (Å²) >= 11 is 6.28. The lowest BCUT2D eigenvalue weighted by Crippen LogP contribution is -2.36. The summed E-state index contributed by atoms with van der Waals surface area (Å²) in [6, 6.07) is 15.7. The van der Waals surface area contributed by atoms with Gasteiger partial charge in [-0.05, 0) is 34.2 Å². The Morgan fingerprint density at radius 3 is 2.48 bits per heavy atom. The van der Waals surface area contributed by atoms with Gasteiger partial charge in [-0.2, -0.15) is 0 Å². The molecule has 1 aliphatic heterocycles. The molecule has 1 N–H and O–H groups in total. The van der Waals surface area contributed by atoms with Crippen LogP contribution in [0.2, 0.25) is 5.02 Å². The summed E-state index contributed by atoms with van der Waals surface area (Å²) in [5.41, 5.74) is 2.42. The molecule has 23 heavy (non-hydrogen) atoms. The fourth-order valence-electron chi connectivity index (χ4n) is 3.27. The molecule has 3 aromatic carbocycles. The van der Waals surface area contributed by atoms with Crippen molar-refractivity contribution in [3.8, 4) is 0 Å². The van der Waals surface area contributed by atoms with Gasteiger partial charge in [-0.1, -0.05) is 54.1 Å². The monoisotopic (exact) mass is 325 g/mol. The highest BCUT2D eigenvalue weighted by molar-refractivity contribution is 6.31.